The first kappa shape index (κ1) is 16.1. The standard InChI is InChI=1S/C20H19N5O/c1-14(19-23-17-9-5-6-10-18(17)24-19)22-20(26)16-11-21-25(13-16)12-15-7-3-2-4-8-15/h2-11,13-14H,12H2,1H3,(H,22,26)(H,23,24)/t14-/m0/s1. The molecule has 0 bridgehead atoms. The van der Waals surface area contributed by atoms with Crippen LogP contribution in [0.5, 0.6) is 0 Å². The van der Waals surface area contributed by atoms with Gasteiger partial charge in [0.1, 0.15) is 5.82 Å². The van der Waals surface area contributed by atoms with E-state index in [1.807, 2.05) is 61.5 Å². The van der Waals surface area contributed by atoms with Crippen LogP contribution in [0.25, 0.3) is 11.0 Å². The van der Waals surface area contributed by atoms with E-state index >= 15 is 0 Å². The summed E-state index contributed by atoms with van der Waals surface area (Å²) in [6, 6.07) is 17.6. The van der Waals surface area contributed by atoms with Gasteiger partial charge in [0, 0.05) is 6.20 Å². The quantitative estimate of drug-likeness (QED) is 0.583. The Morgan fingerprint density at radius 2 is 1.92 bits per heavy atom. The molecule has 2 aromatic heterocycles. The molecule has 2 N–H and O–H groups in total. The number of fused-ring (bicyclic) bond motifs is 1. The summed E-state index contributed by atoms with van der Waals surface area (Å²) in [5.74, 6) is 0.563. The van der Waals surface area contributed by atoms with Crippen molar-refractivity contribution < 1.29 is 4.79 Å². The first-order valence-electron chi connectivity index (χ1n) is 8.51. The van der Waals surface area contributed by atoms with Gasteiger partial charge in [-0.05, 0) is 24.6 Å². The second-order valence-corrected chi connectivity index (χ2v) is 6.25. The number of amides is 1. The molecule has 0 aliphatic heterocycles. The maximum atomic E-state index is 12.5. The molecule has 6 nitrogen and oxygen atoms in total. The monoisotopic (exact) mass is 345 g/mol. The summed E-state index contributed by atoms with van der Waals surface area (Å²) in [7, 11) is 0. The van der Waals surface area contributed by atoms with E-state index in [-0.39, 0.29) is 11.9 Å². The van der Waals surface area contributed by atoms with Crippen LogP contribution in [0, 0.1) is 0 Å². The Morgan fingerprint density at radius 3 is 2.73 bits per heavy atom. The number of benzene rings is 2. The summed E-state index contributed by atoms with van der Waals surface area (Å²) in [6.45, 7) is 2.54. The van der Waals surface area contributed by atoms with Gasteiger partial charge in [0.15, 0.2) is 0 Å². The van der Waals surface area contributed by atoms with Gasteiger partial charge in [0.25, 0.3) is 5.91 Å². The molecule has 2 aromatic carbocycles. The molecule has 0 radical (unpaired) electrons. The lowest BCUT2D eigenvalue weighted by molar-refractivity contribution is 0.0938. The Morgan fingerprint density at radius 1 is 1.15 bits per heavy atom. The number of nitrogens with one attached hydrogen (secondary N) is 2. The van der Waals surface area contributed by atoms with Crippen LogP contribution in [0.4, 0.5) is 0 Å². The molecule has 6 heteroatoms. The van der Waals surface area contributed by atoms with Gasteiger partial charge in [-0.1, -0.05) is 42.5 Å². The molecule has 2 heterocycles. The lowest BCUT2D eigenvalue weighted by atomic mass is 10.2. The fraction of sp³-hybridized carbons (Fsp3) is 0.150. The molecule has 4 aromatic rings. The molecule has 0 fully saturated rings. The van der Waals surface area contributed by atoms with Crippen molar-refractivity contribution in [1.82, 2.24) is 25.1 Å². The number of carbonyl (C=O) groups excluding carboxylic acids is 1. The Labute approximate surface area is 150 Å². The first-order chi connectivity index (χ1) is 12.7. The van der Waals surface area contributed by atoms with Crippen LogP contribution in [0.1, 0.15) is 34.7 Å². The van der Waals surface area contributed by atoms with E-state index in [0.29, 0.717) is 12.1 Å². The van der Waals surface area contributed by atoms with Gasteiger partial charge in [0.05, 0.1) is 35.4 Å². The van der Waals surface area contributed by atoms with E-state index < -0.39 is 0 Å². The van der Waals surface area contributed by atoms with Crippen molar-refractivity contribution in [2.75, 3.05) is 0 Å². The van der Waals surface area contributed by atoms with Gasteiger partial charge in [0.2, 0.25) is 0 Å². The van der Waals surface area contributed by atoms with E-state index in [0.717, 1.165) is 22.4 Å². The molecule has 4 rings (SSSR count). The minimum atomic E-state index is -0.229. The van der Waals surface area contributed by atoms with Crippen LogP contribution < -0.4 is 5.32 Å². The van der Waals surface area contributed by atoms with Crippen molar-refractivity contribution in [3.63, 3.8) is 0 Å². The van der Waals surface area contributed by atoms with Gasteiger partial charge >= 0.3 is 0 Å². The predicted molar refractivity (Wildman–Crippen MR) is 99.7 cm³/mol. The van der Waals surface area contributed by atoms with Crippen LogP contribution in [0.15, 0.2) is 67.0 Å². The van der Waals surface area contributed by atoms with Gasteiger partial charge in [-0.2, -0.15) is 5.10 Å². The average Bonchev–Trinajstić information content (AvgIpc) is 3.29. The van der Waals surface area contributed by atoms with Gasteiger partial charge < -0.3 is 10.3 Å². The Kier molecular flexibility index (Phi) is 4.23. The number of aromatic amines is 1. The van der Waals surface area contributed by atoms with Crippen LogP contribution in [0.2, 0.25) is 0 Å². The fourth-order valence-corrected chi connectivity index (χ4v) is 2.86. The largest absolute Gasteiger partial charge is 0.342 e. The number of carbonyl (C=O) groups is 1. The predicted octanol–water partition coefficient (Wildman–Crippen LogP) is 3.30. The zero-order chi connectivity index (χ0) is 17.9. The molecule has 0 aliphatic rings. The van der Waals surface area contributed by atoms with Crippen molar-refractivity contribution in [3.8, 4) is 0 Å². The number of hydrogen-bond acceptors (Lipinski definition) is 3. The minimum absolute atomic E-state index is 0.169. The lowest BCUT2D eigenvalue weighted by Crippen LogP contribution is -2.27. The van der Waals surface area contributed by atoms with Crippen molar-refractivity contribution in [1.29, 1.82) is 0 Å². The molecule has 1 amide bonds. The number of nitrogens with zero attached hydrogens (tertiary/aromatic N) is 3. The summed E-state index contributed by atoms with van der Waals surface area (Å²) in [5.41, 5.74) is 3.51. The van der Waals surface area contributed by atoms with E-state index in [9.17, 15) is 4.79 Å². The molecule has 26 heavy (non-hydrogen) atoms. The Balaban J connectivity index is 1.44. The minimum Gasteiger partial charge on any atom is -0.342 e. The maximum Gasteiger partial charge on any atom is 0.255 e. The topological polar surface area (TPSA) is 75.6 Å². The maximum absolute atomic E-state index is 12.5. The summed E-state index contributed by atoms with van der Waals surface area (Å²) < 4.78 is 1.76. The third kappa shape index (κ3) is 3.35. The van der Waals surface area contributed by atoms with Crippen LogP contribution in [-0.2, 0) is 6.54 Å². The molecular weight excluding hydrogens is 326 g/mol. The van der Waals surface area contributed by atoms with E-state index in [2.05, 4.69) is 20.4 Å². The van der Waals surface area contributed by atoms with Crippen molar-refractivity contribution >= 4 is 16.9 Å². The van der Waals surface area contributed by atoms with Crippen LogP contribution >= 0.6 is 0 Å². The molecule has 0 unspecified atom stereocenters. The summed E-state index contributed by atoms with van der Waals surface area (Å²) in [5, 5.41) is 7.24. The molecule has 1 atom stereocenters. The molecule has 0 saturated heterocycles. The summed E-state index contributed by atoms with van der Waals surface area (Å²) >= 11 is 0. The third-order valence-electron chi connectivity index (χ3n) is 4.25. The van der Waals surface area contributed by atoms with Gasteiger partial charge in [-0.25, -0.2) is 4.98 Å². The molecule has 0 aliphatic carbocycles. The van der Waals surface area contributed by atoms with Crippen molar-refractivity contribution in [2.24, 2.45) is 0 Å². The summed E-state index contributed by atoms with van der Waals surface area (Å²) in [4.78, 5) is 20.3. The SMILES string of the molecule is C[C@H](NC(=O)c1cnn(Cc2ccccc2)c1)c1nc2ccccc2[nH]1. The Bertz CT molecular complexity index is 1000. The van der Waals surface area contributed by atoms with Crippen LogP contribution in [0.3, 0.4) is 0 Å². The number of para-hydroxylation sites is 2. The van der Waals surface area contributed by atoms with Crippen molar-refractivity contribution in [2.45, 2.75) is 19.5 Å². The molecular formula is C20H19N5O. The molecule has 130 valence electrons. The number of hydrogen-bond donors (Lipinski definition) is 2. The second-order valence-electron chi connectivity index (χ2n) is 6.25. The van der Waals surface area contributed by atoms with E-state index in [1.165, 1.54) is 0 Å². The molecule has 0 saturated carbocycles. The number of imidazole rings is 1. The number of rotatable bonds is 5. The Hall–Kier alpha value is -3.41. The van der Waals surface area contributed by atoms with E-state index in [4.69, 9.17) is 0 Å². The number of aromatic nitrogens is 4. The zero-order valence-corrected chi connectivity index (χ0v) is 14.4. The van der Waals surface area contributed by atoms with Gasteiger partial charge in [-0.3, -0.25) is 9.48 Å². The van der Waals surface area contributed by atoms with E-state index in [1.54, 1.807) is 17.1 Å². The van der Waals surface area contributed by atoms with Crippen molar-refractivity contribution in [3.05, 3.63) is 83.9 Å². The highest BCUT2D eigenvalue weighted by Crippen LogP contribution is 2.16. The first-order valence-corrected chi connectivity index (χ1v) is 8.51. The third-order valence-corrected chi connectivity index (χ3v) is 4.25. The highest BCUT2D eigenvalue weighted by atomic mass is 16.1. The normalized spacial score (nSPS) is 12.2. The fourth-order valence-electron chi connectivity index (χ4n) is 2.86. The highest BCUT2D eigenvalue weighted by Gasteiger charge is 2.16. The van der Waals surface area contributed by atoms with Crippen LogP contribution in [-0.4, -0.2) is 25.7 Å². The lowest BCUT2D eigenvalue weighted by Gasteiger charge is -2.10. The summed E-state index contributed by atoms with van der Waals surface area (Å²) in [6.07, 6.45) is 3.34. The highest BCUT2D eigenvalue weighted by molar-refractivity contribution is 5.93. The number of H-pyrrole nitrogens is 1. The molecule has 0 spiro atoms. The average molecular weight is 345 g/mol. The zero-order valence-electron chi connectivity index (χ0n) is 14.4. The smallest absolute Gasteiger partial charge is 0.255 e. The van der Waals surface area contributed by atoms with Gasteiger partial charge in [-0.15, -0.1) is 0 Å². The second kappa shape index (κ2) is 6.84.